The monoisotopic (exact) mass is 385 g/mol. The maximum atomic E-state index is 12.8. The number of halogens is 1. The van der Waals surface area contributed by atoms with Crippen LogP contribution < -0.4 is 4.90 Å². The SMILES string of the molecule is O=C(O)[C@@H]1CC[C@@H](S(=O)(=O)c2ccc(N3CC4(COC4)C3)cc2Cl)C1. The number of rotatable bonds is 4. The molecular formula is C17H20ClNO5S. The molecule has 4 rings (SSSR count). The maximum Gasteiger partial charge on any atom is 0.306 e. The second kappa shape index (κ2) is 5.86. The number of benzene rings is 1. The fourth-order valence-electron chi connectivity index (χ4n) is 4.06. The number of ether oxygens (including phenoxy) is 1. The zero-order valence-electron chi connectivity index (χ0n) is 13.7. The number of hydrogen-bond acceptors (Lipinski definition) is 5. The second-order valence-corrected chi connectivity index (χ2v) is 10.1. The first kappa shape index (κ1) is 17.1. The number of aliphatic carboxylic acids is 1. The molecule has 1 aromatic rings. The first-order chi connectivity index (χ1) is 11.8. The Morgan fingerprint density at radius 3 is 2.52 bits per heavy atom. The minimum Gasteiger partial charge on any atom is -0.481 e. The molecule has 2 aliphatic heterocycles. The Kier molecular flexibility index (Phi) is 4.01. The van der Waals surface area contributed by atoms with Crippen LogP contribution in [0.4, 0.5) is 5.69 Å². The van der Waals surface area contributed by atoms with Crippen molar-refractivity contribution in [3.05, 3.63) is 23.2 Å². The number of sulfone groups is 1. The lowest BCUT2D eigenvalue weighted by atomic mass is 9.78. The molecule has 0 amide bonds. The molecule has 0 unspecified atom stereocenters. The number of hydrogen-bond donors (Lipinski definition) is 1. The summed E-state index contributed by atoms with van der Waals surface area (Å²) in [5.41, 5.74) is 1.18. The van der Waals surface area contributed by atoms with Gasteiger partial charge in [-0.1, -0.05) is 11.6 Å². The van der Waals surface area contributed by atoms with Crippen molar-refractivity contribution < 1.29 is 23.1 Å². The van der Waals surface area contributed by atoms with E-state index in [2.05, 4.69) is 4.90 Å². The standard InChI is InChI=1S/C17H20ClNO5S/c18-14-6-12(19-7-17(8-19)9-24-10-17)2-4-15(14)25(22,23)13-3-1-11(5-13)16(20)21/h2,4,6,11,13H,1,3,5,7-10H2,(H,20,21)/t11-,13-/m1/s1. The van der Waals surface area contributed by atoms with Gasteiger partial charge in [-0.25, -0.2) is 8.42 Å². The number of nitrogens with zero attached hydrogens (tertiary/aromatic N) is 1. The predicted octanol–water partition coefficient (Wildman–Crippen LogP) is 2.20. The third-order valence-corrected chi connectivity index (χ3v) is 8.33. The van der Waals surface area contributed by atoms with Gasteiger partial charge in [0.1, 0.15) is 0 Å². The molecule has 0 aromatic heterocycles. The highest BCUT2D eigenvalue weighted by atomic mass is 35.5. The summed E-state index contributed by atoms with van der Waals surface area (Å²) in [5.74, 6) is -1.51. The van der Waals surface area contributed by atoms with E-state index in [1.165, 1.54) is 0 Å². The Labute approximate surface area is 151 Å². The van der Waals surface area contributed by atoms with E-state index in [9.17, 15) is 13.2 Å². The normalized spacial score (nSPS) is 27.8. The van der Waals surface area contributed by atoms with Gasteiger partial charge in [0.25, 0.3) is 0 Å². The quantitative estimate of drug-likeness (QED) is 0.855. The summed E-state index contributed by atoms with van der Waals surface area (Å²) in [6.45, 7) is 3.38. The molecule has 8 heteroatoms. The van der Waals surface area contributed by atoms with Crippen LogP contribution in [0.5, 0.6) is 0 Å². The smallest absolute Gasteiger partial charge is 0.306 e. The van der Waals surface area contributed by atoms with Crippen LogP contribution in [-0.4, -0.2) is 51.0 Å². The average Bonchev–Trinajstić information content (AvgIpc) is 2.94. The summed E-state index contributed by atoms with van der Waals surface area (Å²) in [5, 5.41) is 8.63. The minimum atomic E-state index is -3.62. The molecule has 1 N–H and O–H groups in total. The van der Waals surface area contributed by atoms with Crippen molar-refractivity contribution in [3.63, 3.8) is 0 Å². The number of carboxylic acids is 1. The molecule has 1 spiro atoms. The van der Waals surface area contributed by atoms with Gasteiger partial charge in [0.15, 0.2) is 9.84 Å². The van der Waals surface area contributed by atoms with Crippen molar-refractivity contribution in [2.45, 2.75) is 29.4 Å². The summed E-state index contributed by atoms with van der Waals surface area (Å²) >= 11 is 6.29. The highest BCUT2D eigenvalue weighted by Crippen LogP contribution is 2.42. The Morgan fingerprint density at radius 2 is 2.00 bits per heavy atom. The Hall–Kier alpha value is -1.31. The summed E-state index contributed by atoms with van der Waals surface area (Å²) in [7, 11) is -3.62. The van der Waals surface area contributed by atoms with Gasteiger partial charge >= 0.3 is 5.97 Å². The van der Waals surface area contributed by atoms with Gasteiger partial charge in [0, 0.05) is 18.8 Å². The average molecular weight is 386 g/mol. The van der Waals surface area contributed by atoms with Crippen molar-refractivity contribution in [1.29, 1.82) is 0 Å². The van der Waals surface area contributed by atoms with Crippen LogP contribution in [0.2, 0.25) is 5.02 Å². The van der Waals surface area contributed by atoms with E-state index in [4.69, 9.17) is 21.4 Å². The topological polar surface area (TPSA) is 83.9 Å². The van der Waals surface area contributed by atoms with Gasteiger partial charge in [0.05, 0.1) is 39.7 Å². The van der Waals surface area contributed by atoms with Gasteiger partial charge in [-0.3, -0.25) is 4.79 Å². The molecule has 1 aromatic carbocycles. The Bertz CT molecular complexity index is 812. The third kappa shape index (κ3) is 2.82. The van der Waals surface area contributed by atoms with Crippen LogP contribution in [0.3, 0.4) is 0 Å². The van der Waals surface area contributed by atoms with E-state index in [1.807, 2.05) is 0 Å². The van der Waals surface area contributed by atoms with E-state index in [-0.39, 0.29) is 21.8 Å². The molecule has 1 saturated carbocycles. The molecule has 0 radical (unpaired) electrons. The van der Waals surface area contributed by atoms with E-state index in [0.29, 0.717) is 12.8 Å². The molecule has 6 nitrogen and oxygen atoms in total. The molecule has 25 heavy (non-hydrogen) atoms. The van der Waals surface area contributed by atoms with E-state index >= 15 is 0 Å². The largest absolute Gasteiger partial charge is 0.481 e. The second-order valence-electron chi connectivity index (χ2n) is 7.48. The van der Waals surface area contributed by atoms with Crippen LogP contribution in [0, 0.1) is 11.3 Å². The van der Waals surface area contributed by atoms with Crippen molar-refractivity contribution in [1.82, 2.24) is 0 Å². The molecule has 3 aliphatic rings. The molecule has 2 heterocycles. The molecule has 3 fully saturated rings. The van der Waals surface area contributed by atoms with E-state index in [1.54, 1.807) is 18.2 Å². The zero-order valence-corrected chi connectivity index (χ0v) is 15.2. The molecule has 136 valence electrons. The lowest BCUT2D eigenvalue weighted by Crippen LogP contribution is -2.66. The summed E-state index contributed by atoms with van der Waals surface area (Å²) < 4.78 is 30.9. The van der Waals surface area contributed by atoms with Crippen molar-refractivity contribution in [3.8, 4) is 0 Å². The molecular weight excluding hydrogens is 366 g/mol. The number of anilines is 1. The lowest BCUT2D eigenvalue weighted by Gasteiger charge is -2.56. The van der Waals surface area contributed by atoms with Gasteiger partial charge in [-0.2, -0.15) is 0 Å². The molecule has 2 atom stereocenters. The highest BCUT2D eigenvalue weighted by Gasteiger charge is 2.49. The van der Waals surface area contributed by atoms with Gasteiger partial charge in [-0.05, 0) is 37.5 Å². The minimum absolute atomic E-state index is 0.108. The number of carbonyl (C=O) groups is 1. The Balaban J connectivity index is 1.51. The van der Waals surface area contributed by atoms with Gasteiger partial charge < -0.3 is 14.7 Å². The van der Waals surface area contributed by atoms with E-state index < -0.39 is 27.0 Å². The van der Waals surface area contributed by atoms with Crippen LogP contribution >= 0.6 is 11.6 Å². The Morgan fingerprint density at radius 1 is 1.28 bits per heavy atom. The fraction of sp³-hybridized carbons (Fsp3) is 0.588. The van der Waals surface area contributed by atoms with Gasteiger partial charge in [0.2, 0.25) is 0 Å². The lowest BCUT2D eigenvalue weighted by molar-refractivity contribution is -0.141. The van der Waals surface area contributed by atoms with Crippen molar-refractivity contribution >= 4 is 33.1 Å². The summed E-state index contributed by atoms with van der Waals surface area (Å²) in [4.78, 5) is 13.4. The third-order valence-electron chi connectivity index (χ3n) is 5.63. The van der Waals surface area contributed by atoms with Crippen LogP contribution in [0.25, 0.3) is 0 Å². The van der Waals surface area contributed by atoms with Crippen molar-refractivity contribution in [2.24, 2.45) is 11.3 Å². The predicted molar refractivity (Wildman–Crippen MR) is 92.9 cm³/mol. The van der Waals surface area contributed by atoms with Crippen LogP contribution in [-0.2, 0) is 19.4 Å². The van der Waals surface area contributed by atoms with Crippen LogP contribution in [0.15, 0.2) is 23.1 Å². The maximum absolute atomic E-state index is 12.8. The fourth-order valence-corrected chi connectivity index (χ4v) is 6.44. The highest BCUT2D eigenvalue weighted by molar-refractivity contribution is 7.92. The first-order valence-corrected chi connectivity index (χ1v) is 10.3. The summed E-state index contributed by atoms with van der Waals surface area (Å²) in [6.07, 6.45) is 0.920. The molecule has 2 saturated heterocycles. The summed E-state index contributed by atoms with van der Waals surface area (Å²) in [6, 6.07) is 5.04. The number of carboxylic acid groups (broad SMARTS) is 1. The first-order valence-electron chi connectivity index (χ1n) is 8.40. The van der Waals surface area contributed by atoms with Gasteiger partial charge in [-0.15, -0.1) is 0 Å². The zero-order chi connectivity index (χ0) is 17.8. The van der Waals surface area contributed by atoms with Crippen molar-refractivity contribution in [2.75, 3.05) is 31.2 Å². The van der Waals surface area contributed by atoms with E-state index in [0.717, 1.165) is 32.0 Å². The molecule has 0 bridgehead atoms. The molecule has 1 aliphatic carbocycles. The van der Waals surface area contributed by atoms with Crippen LogP contribution in [0.1, 0.15) is 19.3 Å².